The minimum Gasteiger partial charge on any atom is -0.495 e. The number of benzene rings is 2. The minimum absolute atomic E-state index is 0.0415. The molecule has 8 nitrogen and oxygen atoms in total. The van der Waals surface area contributed by atoms with Gasteiger partial charge in [0.15, 0.2) is 0 Å². The Balaban J connectivity index is 1.67. The number of carboxylic acid groups (broad SMARTS) is 1. The number of ether oxygens (including phenoxy) is 2. The van der Waals surface area contributed by atoms with Gasteiger partial charge >= 0.3 is 5.97 Å². The Bertz CT molecular complexity index is 1220. The second kappa shape index (κ2) is 14.0. The summed E-state index contributed by atoms with van der Waals surface area (Å²) in [6, 6.07) is 9.55. The molecule has 0 aromatic heterocycles. The first-order valence-corrected chi connectivity index (χ1v) is 14.8. The van der Waals surface area contributed by atoms with Crippen LogP contribution in [-0.4, -0.2) is 42.2 Å². The Kier molecular flexibility index (Phi) is 11.0. The van der Waals surface area contributed by atoms with Gasteiger partial charge in [-0.05, 0) is 64.5 Å². The molecular formula is C24H23Br2N2O6PS. The molecule has 0 saturated carbocycles. The first-order valence-electron chi connectivity index (χ1n) is 10.5. The topological polar surface area (TPSA) is 117 Å². The van der Waals surface area contributed by atoms with E-state index in [1.807, 2.05) is 24.3 Å². The molecule has 36 heavy (non-hydrogen) atoms. The molecule has 1 aliphatic carbocycles. The second-order valence-corrected chi connectivity index (χ2v) is 12.1. The molecule has 1 aliphatic rings. The number of anilines is 1. The monoisotopic (exact) mass is 656 g/mol. The molecular weight excluding hydrogens is 635 g/mol. The molecule has 1 unspecified atom stereocenters. The zero-order valence-electron chi connectivity index (χ0n) is 19.0. The molecule has 0 fully saturated rings. The van der Waals surface area contributed by atoms with Crippen LogP contribution in [-0.2, 0) is 9.47 Å². The number of rotatable bonds is 11. The normalized spacial score (nSPS) is 13.8. The van der Waals surface area contributed by atoms with Crippen LogP contribution in [0.4, 0.5) is 5.69 Å². The number of halogens is 2. The Morgan fingerprint density at radius 1 is 1.11 bits per heavy atom. The van der Waals surface area contributed by atoms with E-state index in [2.05, 4.69) is 41.9 Å². The van der Waals surface area contributed by atoms with Crippen molar-refractivity contribution in [2.45, 2.75) is 6.42 Å². The number of carbonyl (C=O) groups is 2. The maximum absolute atomic E-state index is 13.0. The highest BCUT2D eigenvalue weighted by Gasteiger charge is 2.19. The number of aromatic carboxylic acids is 1. The molecule has 1 amide bonds. The van der Waals surface area contributed by atoms with Crippen molar-refractivity contribution in [3.63, 3.8) is 0 Å². The Labute approximate surface area is 230 Å². The fraction of sp³-hybridized carbons (Fsp3) is 0.167. The highest BCUT2D eigenvalue weighted by molar-refractivity contribution is 9.10. The van der Waals surface area contributed by atoms with Crippen molar-refractivity contribution in [1.29, 1.82) is 0 Å². The van der Waals surface area contributed by atoms with Gasteiger partial charge in [-0.2, -0.15) is 0 Å². The van der Waals surface area contributed by atoms with E-state index in [-0.39, 0.29) is 16.8 Å². The number of hydrogen-bond acceptors (Lipinski definition) is 7. The highest BCUT2D eigenvalue weighted by atomic mass is 79.9. The van der Waals surface area contributed by atoms with Crippen LogP contribution < -0.4 is 15.3 Å². The predicted octanol–water partition coefficient (Wildman–Crippen LogP) is 5.72. The van der Waals surface area contributed by atoms with Crippen LogP contribution in [0.5, 0.6) is 0 Å². The smallest absolute Gasteiger partial charge is 0.337 e. The zero-order chi connectivity index (χ0) is 26.1. The third kappa shape index (κ3) is 8.19. The summed E-state index contributed by atoms with van der Waals surface area (Å²) < 4.78 is 14.9. The highest BCUT2D eigenvalue weighted by Crippen LogP contribution is 2.43. The van der Waals surface area contributed by atoms with E-state index in [0.29, 0.717) is 33.9 Å². The van der Waals surface area contributed by atoms with Gasteiger partial charge in [-0.1, -0.05) is 28.1 Å². The van der Waals surface area contributed by atoms with E-state index < -0.39 is 19.2 Å². The van der Waals surface area contributed by atoms with Crippen molar-refractivity contribution in [1.82, 2.24) is 4.72 Å². The maximum atomic E-state index is 13.0. The molecule has 4 N–H and O–H groups in total. The molecule has 0 heterocycles. The van der Waals surface area contributed by atoms with E-state index in [4.69, 9.17) is 9.47 Å². The number of amides is 1. The lowest BCUT2D eigenvalue weighted by atomic mass is 10.1. The van der Waals surface area contributed by atoms with Gasteiger partial charge in [-0.3, -0.25) is 4.79 Å². The third-order valence-electron chi connectivity index (χ3n) is 4.77. The van der Waals surface area contributed by atoms with Crippen LogP contribution in [0.2, 0.25) is 0 Å². The van der Waals surface area contributed by atoms with Crippen molar-refractivity contribution in [3.05, 3.63) is 92.2 Å². The van der Waals surface area contributed by atoms with Crippen molar-refractivity contribution in [3.8, 4) is 0 Å². The molecule has 2 aromatic carbocycles. The molecule has 0 spiro atoms. The van der Waals surface area contributed by atoms with Gasteiger partial charge in [0.25, 0.3) is 5.91 Å². The SMILES string of the molecule is COCCOC1=CC=C(NSP(O)c2ccc(Br)c(C(=O)Nc3ccc(Br)cc3C(=O)O)c2)C=CC1. The Morgan fingerprint density at radius 2 is 1.92 bits per heavy atom. The third-order valence-corrected chi connectivity index (χ3v) is 8.60. The summed E-state index contributed by atoms with van der Waals surface area (Å²) in [5.74, 6) is -0.849. The van der Waals surface area contributed by atoms with Crippen LogP contribution in [0.1, 0.15) is 27.1 Å². The Hall–Kier alpha value is -2.14. The molecule has 190 valence electrons. The lowest BCUT2D eigenvalue weighted by Crippen LogP contribution is -2.17. The van der Waals surface area contributed by atoms with Gasteiger partial charge in [0.05, 0.1) is 29.2 Å². The summed E-state index contributed by atoms with van der Waals surface area (Å²) in [6.07, 6.45) is 8.24. The summed E-state index contributed by atoms with van der Waals surface area (Å²) in [5.41, 5.74) is 1.18. The van der Waals surface area contributed by atoms with Gasteiger partial charge < -0.3 is 29.5 Å². The molecule has 0 radical (unpaired) electrons. The molecule has 0 aliphatic heterocycles. The number of carbonyl (C=O) groups excluding carboxylic acids is 1. The van der Waals surface area contributed by atoms with Gasteiger partial charge in [-0.25, -0.2) is 4.79 Å². The fourth-order valence-corrected chi connectivity index (χ4v) is 5.88. The van der Waals surface area contributed by atoms with Crippen LogP contribution in [0, 0.1) is 0 Å². The average Bonchev–Trinajstić information content (AvgIpc) is 3.09. The maximum Gasteiger partial charge on any atom is 0.337 e. The molecule has 12 heteroatoms. The molecule has 2 aromatic rings. The summed E-state index contributed by atoms with van der Waals surface area (Å²) >= 11 is 7.74. The summed E-state index contributed by atoms with van der Waals surface area (Å²) in [7, 11) is -0.0836. The fourth-order valence-electron chi connectivity index (χ4n) is 2.99. The van der Waals surface area contributed by atoms with E-state index in [1.165, 1.54) is 12.1 Å². The van der Waals surface area contributed by atoms with Gasteiger partial charge in [-0.15, -0.1) is 0 Å². The van der Waals surface area contributed by atoms with Crippen LogP contribution in [0.25, 0.3) is 0 Å². The van der Waals surface area contributed by atoms with Gasteiger partial charge in [0.1, 0.15) is 14.0 Å². The zero-order valence-corrected chi connectivity index (χ0v) is 23.9. The second-order valence-electron chi connectivity index (χ2n) is 7.28. The standard InChI is InChI=1S/C24H23Br2N2O6PS/c1-33-11-12-34-17-4-2-3-16(6-7-17)28-36-35(32)18-8-9-21(26)19(14-18)23(29)27-22-10-5-15(25)13-20(22)24(30)31/h2-3,5-10,13-14,28,32H,4,11-12H2,1H3,(H,27,29)(H,30,31). The lowest BCUT2D eigenvalue weighted by molar-refractivity contribution is 0.0698. The van der Waals surface area contributed by atoms with Crippen molar-refractivity contribution >= 4 is 73.6 Å². The van der Waals surface area contributed by atoms with E-state index in [1.54, 1.807) is 31.4 Å². The van der Waals surface area contributed by atoms with E-state index >= 15 is 0 Å². The number of methoxy groups -OCH3 is 1. The molecule has 0 saturated heterocycles. The van der Waals surface area contributed by atoms with Crippen LogP contribution in [0.3, 0.4) is 0 Å². The first-order chi connectivity index (χ1) is 17.3. The molecule has 0 bridgehead atoms. The number of nitrogens with one attached hydrogen (secondary N) is 2. The first kappa shape index (κ1) is 28.4. The van der Waals surface area contributed by atoms with Crippen LogP contribution in [0.15, 0.2) is 81.1 Å². The quantitative estimate of drug-likeness (QED) is 0.138. The average molecular weight is 658 g/mol. The summed E-state index contributed by atoms with van der Waals surface area (Å²) in [6.45, 7) is 0.986. The molecule has 3 rings (SSSR count). The predicted molar refractivity (Wildman–Crippen MR) is 150 cm³/mol. The number of hydrogen-bond donors (Lipinski definition) is 4. The lowest BCUT2D eigenvalue weighted by Gasteiger charge is -2.14. The van der Waals surface area contributed by atoms with Crippen molar-refractivity contribution in [2.24, 2.45) is 0 Å². The molecule has 1 atom stereocenters. The summed E-state index contributed by atoms with van der Waals surface area (Å²) in [4.78, 5) is 35.3. The van der Waals surface area contributed by atoms with E-state index in [0.717, 1.165) is 23.0 Å². The van der Waals surface area contributed by atoms with Gasteiger partial charge in [0, 0.05) is 45.0 Å². The van der Waals surface area contributed by atoms with Crippen LogP contribution >= 0.6 is 50.8 Å². The van der Waals surface area contributed by atoms with Gasteiger partial charge in [0.2, 0.25) is 0 Å². The van der Waals surface area contributed by atoms with E-state index in [9.17, 15) is 19.6 Å². The minimum atomic E-state index is -1.70. The Morgan fingerprint density at radius 3 is 2.67 bits per heavy atom. The summed E-state index contributed by atoms with van der Waals surface area (Å²) in [5, 5.41) is 12.6. The largest absolute Gasteiger partial charge is 0.495 e. The van der Waals surface area contributed by atoms with Crippen molar-refractivity contribution < 1.29 is 29.1 Å². The number of allylic oxidation sites excluding steroid dienone is 4. The number of carboxylic acids is 1. The van der Waals surface area contributed by atoms with Crippen molar-refractivity contribution in [2.75, 3.05) is 25.6 Å².